The minimum Gasteiger partial charge on any atom is -0.399 e. The fraction of sp³-hybridized carbons (Fsp3) is 0.189. The van der Waals surface area contributed by atoms with Crippen LogP contribution < -0.4 is 5.46 Å². The molecule has 0 N–H and O–H groups in total. The predicted molar refractivity (Wildman–Crippen MR) is 164 cm³/mol. The topological polar surface area (TPSA) is 18.5 Å². The van der Waals surface area contributed by atoms with Gasteiger partial charge in [0.25, 0.3) is 0 Å². The molecule has 0 unspecified atom stereocenters. The van der Waals surface area contributed by atoms with Crippen molar-refractivity contribution in [2.75, 3.05) is 0 Å². The van der Waals surface area contributed by atoms with Gasteiger partial charge in [0.15, 0.2) is 0 Å². The summed E-state index contributed by atoms with van der Waals surface area (Å²) in [4.78, 5) is 0. The molecule has 0 radical (unpaired) electrons. The zero-order valence-corrected chi connectivity index (χ0v) is 23.4. The average molecular weight is 518 g/mol. The molecule has 0 amide bonds. The zero-order valence-electron chi connectivity index (χ0n) is 23.4. The fourth-order valence-corrected chi connectivity index (χ4v) is 7.19. The van der Waals surface area contributed by atoms with Crippen molar-refractivity contribution in [3.63, 3.8) is 0 Å². The first-order chi connectivity index (χ1) is 19.3. The first-order valence-electron chi connectivity index (χ1n) is 14.2. The lowest BCUT2D eigenvalue weighted by Gasteiger charge is -2.35. The highest BCUT2D eigenvalue weighted by Gasteiger charge is 2.53. The van der Waals surface area contributed by atoms with Crippen LogP contribution in [0, 0.1) is 0 Å². The number of hydrogen-bond acceptors (Lipinski definition) is 2. The Balaban J connectivity index is 1.52. The molecule has 5 aromatic rings. The minimum absolute atomic E-state index is 0.409. The summed E-state index contributed by atoms with van der Waals surface area (Å²) in [6.45, 7) is 8.48. The summed E-state index contributed by atoms with van der Waals surface area (Å²) in [5.41, 5.74) is 12.6. The lowest BCUT2D eigenvalue weighted by atomic mass is 9.64. The van der Waals surface area contributed by atoms with Crippen LogP contribution in [0.1, 0.15) is 49.9 Å². The summed E-state index contributed by atoms with van der Waals surface area (Å²) < 4.78 is 13.2. The molecule has 0 saturated carbocycles. The second kappa shape index (κ2) is 8.07. The van der Waals surface area contributed by atoms with E-state index in [9.17, 15) is 0 Å². The van der Waals surface area contributed by atoms with Crippen molar-refractivity contribution in [3.8, 4) is 33.4 Å². The highest BCUT2D eigenvalue weighted by Crippen LogP contribution is 2.61. The molecule has 2 nitrogen and oxygen atoms in total. The summed E-state index contributed by atoms with van der Waals surface area (Å²) >= 11 is 0. The van der Waals surface area contributed by atoms with Crippen LogP contribution in [0.5, 0.6) is 0 Å². The third-order valence-electron chi connectivity index (χ3n) is 9.76. The van der Waals surface area contributed by atoms with E-state index in [2.05, 4.69) is 143 Å². The molecule has 1 fully saturated rings. The number of hydrogen-bond donors (Lipinski definition) is 0. The molecule has 0 bridgehead atoms. The lowest BCUT2D eigenvalue weighted by molar-refractivity contribution is 0.00578. The first kappa shape index (κ1) is 23.9. The van der Waals surface area contributed by atoms with Crippen molar-refractivity contribution in [1.29, 1.82) is 0 Å². The minimum atomic E-state index is -0.488. The van der Waals surface area contributed by atoms with E-state index in [1.807, 2.05) is 0 Å². The standard InChI is InChI=1S/C37H31BO2/c1-35(2)36(3,4)40-38(39-35)24-21-22-30-26-14-6-5-13-25(26)27-15-7-10-18-31(27)37(34(30)23-24)32-19-11-8-16-28(32)29-17-9-12-20-33(29)37/h5-23H,1-4H3. The second-order valence-corrected chi connectivity index (χ2v) is 12.3. The van der Waals surface area contributed by atoms with E-state index in [0.717, 1.165) is 5.46 Å². The number of rotatable bonds is 1. The van der Waals surface area contributed by atoms with Gasteiger partial charge in [-0.25, -0.2) is 0 Å². The smallest absolute Gasteiger partial charge is 0.399 e. The van der Waals surface area contributed by atoms with Gasteiger partial charge in [-0.15, -0.1) is 0 Å². The second-order valence-electron chi connectivity index (χ2n) is 12.3. The Morgan fingerprint density at radius 2 is 0.800 bits per heavy atom. The van der Waals surface area contributed by atoms with Gasteiger partial charge in [0.05, 0.1) is 16.6 Å². The molecule has 194 valence electrons. The Bertz CT molecular complexity index is 1770. The molecule has 0 atom stereocenters. The van der Waals surface area contributed by atoms with Gasteiger partial charge in [-0.1, -0.05) is 115 Å². The van der Waals surface area contributed by atoms with Gasteiger partial charge < -0.3 is 9.31 Å². The summed E-state index contributed by atoms with van der Waals surface area (Å²) in [5.74, 6) is 0. The molecule has 1 saturated heterocycles. The maximum Gasteiger partial charge on any atom is 0.494 e. The molecular formula is C37H31BO2. The van der Waals surface area contributed by atoms with Gasteiger partial charge in [-0.2, -0.15) is 0 Å². The largest absolute Gasteiger partial charge is 0.494 e. The van der Waals surface area contributed by atoms with Gasteiger partial charge in [0.2, 0.25) is 0 Å². The van der Waals surface area contributed by atoms with Gasteiger partial charge in [-0.05, 0) is 88.8 Å². The van der Waals surface area contributed by atoms with Crippen LogP contribution >= 0.6 is 0 Å². The zero-order chi connectivity index (χ0) is 27.3. The van der Waals surface area contributed by atoms with Crippen LogP contribution in [0.25, 0.3) is 33.4 Å². The Morgan fingerprint density at radius 3 is 1.27 bits per heavy atom. The molecule has 5 aromatic carbocycles. The Hall–Kier alpha value is -3.92. The van der Waals surface area contributed by atoms with Crippen molar-refractivity contribution in [3.05, 3.63) is 138 Å². The Labute approximate surface area is 236 Å². The third-order valence-corrected chi connectivity index (χ3v) is 9.76. The molecule has 3 heteroatoms. The molecule has 40 heavy (non-hydrogen) atoms. The normalized spacial score (nSPS) is 18.4. The highest BCUT2D eigenvalue weighted by molar-refractivity contribution is 6.62. The van der Waals surface area contributed by atoms with Crippen molar-refractivity contribution in [1.82, 2.24) is 0 Å². The van der Waals surface area contributed by atoms with Gasteiger partial charge >= 0.3 is 7.12 Å². The van der Waals surface area contributed by atoms with Crippen molar-refractivity contribution >= 4 is 12.6 Å². The molecule has 1 heterocycles. The van der Waals surface area contributed by atoms with E-state index in [1.54, 1.807) is 0 Å². The molecular weight excluding hydrogens is 487 g/mol. The SMILES string of the molecule is CC1(C)OB(c2ccc3c(c2)C2(c4ccccc4-c4ccccc4-3)c3ccccc3-c3ccccc32)OC1(C)C. The number of fused-ring (bicyclic) bond motifs is 12. The first-order valence-corrected chi connectivity index (χ1v) is 14.2. The third kappa shape index (κ3) is 2.97. The van der Waals surface area contributed by atoms with Crippen LogP contribution in [-0.4, -0.2) is 18.3 Å². The number of benzene rings is 5. The molecule has 1 spiro atoms. The van der Waals surface area contributed by atoms with E-state index >= 15 is 0 Å². The predicted octanol–water partition coefficient (Wildman–Crippen LogP) is 8.00. The molecule has 2 aliphatic carbocycles. The van der Waals surface area contributed by atoms with Crippen molar-refractivity contribution in [2.45, 2.75) is 44.3 Å². The molecule has 8 rings (SSSR count). The maximum atomic E-state index is 6.58. The maximum absolute atomic E-state index is 6.58. The summed E-state index contributed by atoms with van der Waals surface area (Å²) in [7, 11) is -0.437. The van der Waals surface area contributed by atoms with Crippen molar-refractivity contribution in [2.24, 2.45) is 0 Å². The van der Waals surface area contributed by atoms with E-state index in [1.165, 1.54) is 55.6 Å². The van der Waals surface area contributed by atoms with Crippen LogP contribution in [0.15, 0.2) is 115 Å². The quantitative estimate of drug-likeness (QED) is 0.205. The van der Waals surface area contributed by atoms with Crippen LogP contribution in [0.2, 0.25) is 0 Å². The van der Waals surface area contributed by atoms with Crippen LogP contribution in [-0.2, 0) is 14.7 Å². The van der Waals surface area contributed by atoms with Gasteiger partial charge in [0.1, 0.15) is 0 Å². The Morgan fingerprint density at radius 1 is 0.425 bits per heavy atom. The molecule has 3 aliphatic rings. The van der Waals surface area contributed by atoms with Crippen molar-refractivity contribution < 1.29 is 9.31 Å². The molecule has 0 aromatic heterocycles. The summed E-state index contributed by atoms with van der Waals surface area (Å²) in [6, 6.07) is 42.6. The van der Waals surface area contributed by atoms with Crippen LogP contribution in [0.4, 0.5) is 0 Å². The average Bonchev–Trinajstić information content (AvgIpc) is 3.35. The monoisotopic (exact) mass is 518 g/mol. The summed E-state index contributed by atoms with van der Waals surface area (Å²) in [5, 5.41) is 0. The van der Waals surface area contributed by atoms with E-state index < -0.39 is 23.7 Å². The highest BCUT2D eigenvalue weighted by atomic mass is 16.7. The van der Waals surface area contributed by atoms with Gasteiger partial charge in [0, 0.05) is 0 Å². The lowest BCUT2D eigenvalue weighted by Crippen LogP contribution is -2.41. The Kier molecular flexibility index (Phi) is 4.83. The van der Waals surface area contributed by atoms with Gasteiger partial charge in [-0.3, -0.25) is 0 Å². The van der Waals surface area contributed by atoms with E-state index in [-0.39, 0.29) is 0 Å². The summed E-state index contributed by atoms with van der Waals surface area (Å²) in [6.07, 6.45) is 0. The molecule has 1 aliphatic heterocycles. The van der Waals surface area contributed by atoms with E-state index in [4.69, 9.17) is 9.31 Å². The fourth-order valence-electron chi connectivity index (χ4n) is 7.19. The van der Waals surface area contributed by atoms with Crippen LogP contribution in [0.3, 0.4) is 0 Å². The van der Waals surface area contributed by atoms with E-state index in [0.29, 0.717) is 0 Å².